The minimum Gasteiger partial charge on any atom is -0.426 e. The maximum atomic E-state index is 11.1. The number of hydrogen-bond donors (Lipinski definition) is 4. The molecule has 0 spiro atoms. The molecule has 0 saturated heterocycles. The Kier molecular flexibility index (Phi) is 13.2. The summed E-state index contributed by atoms with van der Waals surface area (Å²) in [4.78, 5) is 11.1. The lowest BCUT2D eigenvalue weighted by Gasteiger charge is -2.15. The number of aliphatic hydroxyl groups is 2. The molecule has 34 heavy (non-hydrogen) atoms. The number of esters is 1. The van der Waals surface area contributed by atoms with Gasteiger partial charge in [0.25, 0.3) is 0 Å². The zero-order valence-electron chi connectivity index (χ0n) is 20.0. The van der Waals surface area contributed by atoms with E-state index in [9.17, 15) is 15.0 Å². The van der Waals surface area contributed by atoms with Crippen molar-refractivity contribution >= 4 is 11.7 Å². The van der Waals surface area contributed by atoms with Crippen LogP contribution >= 0.6 is 0 Å². The number of hydrogen-bond acceptors (Lipinski definition) is 8. The predicted octanol–water partition coefficient (Wildman–Crippen LogP) is 3.10. The van der Waals surface area contributed by atoms with Gasteiger partial charge in [0.2, 0.25) is 0 Å². The summed E-state index contributed by atoms with van der Waals surface area (Å²) < 4.78 is 16.3. The van der Waals surface area contributed by atoms with Crippen LogP contribution in [-0.2, 0) is 27.5 Å². The van der Waals surface area contributed by atoms with Crippen molar-refractivity contribution in [1.82, 2.24) is 5.32 Å². The smallest absolute Gasteiger partial charge is 0.308 e. The van der Waals surface area contributed by atoms with Gasteiger partial charge in [-0.15, -0.1) is 0 Å². The van der Waals surface area contributed by atoms with Gasteiger partial charge in [0.15, 0.2) is 0 Å². The van der Waals surface area contributed by atoms with Gasteiger partial charge in [0, 0.05) is 31.3 Å². The highest BCUT2D eigenvalue weighted by Gasteiger charge is 2.12. The number of anilines is 1. The number of nitrogens with two attached hydrogens (primary N) is 1. The van der Waals surface area contributed by atoms with Gasteiger partial charge in [-0.3, -0.25) is 4.79 Å². The van der Waals surface area contributed by atoms with Crippen LogP contribution in [0.1, 0.15) is 55.4 Å². The average Bonchev–Trinajstić information content (AvgIpc) is 2.81. The molecule has 0 radical (unpaired) electrons. The monoisotopic (exact) mass is 474 g/mol. The Bertz CT molecular complexity index is 861. The van der Waals surface area contributed by atoms with Crippen LogP contribution in [0.4, 0.5) is 5.69 Å². The fraction of sp³-hybridized carbons (Fsp3) is 0.500. The van der Waals surface area contributed by atoms with Crippen molar-refractivity contribution in [1.29, 1.82) is 0 Å². The molecule has 2 aromatic rings. The highest BCUT2D eigenvalue weighted by molar-refractivity contribution is 5.69. The molecule has 0 saturated carbocycles. The Labute approximate surface area is 202 Å². The molecule has 8 nitrogen and oxygen atoms in total. The number of unbranched alkanes of at least 4 members (excludes halogenated alkanes) is 3. The van der Waals surface area contributed by atoms with Gasteiger partial charge in [0.05, 0.1) is 32.5 Å². The predicted molar refractivity (Wildman–Crippen MR) is 131 cm³/mol. The van der Waals surface area contributed by atoms with Crippen LogP contribution < -0.4 is 15.8 Å². The maximum Gasteiger partial charge on any atom is 0.308 e. The highest BCUT2D eigenvalue weighted by atomic mass is 16.5. The molecular weight excluding hydrogens is 436 g/mol. The third kappa shape index (κ3) is 11.1. The first-order chi connectivity index (χ1) is 16.5. The van der Waals surface area contributed by atoms with Crippen molar-refractivity contribution in [3.8, 4) is 5.75 Å². The van der Waals surface area contributed by atoms with E-state index in [0.717, 1.165) is 50.1 Å². The molecule has 0 aliphatic heterocycles. The Morgan fingerprint density at radius 2 is 1.82 bits per heavy atom. The minimum atomic E-state index is -0.702. The van der Waals surface area contributed by atoms with Gasteiger partial charge < -0.3 is 35.5 Å². The molecule has 2 rings (SSSR count). The van der Waals surface area contributed by atoms with Gasteiger partial charge in [-0.2, -0.15) is 0 Å². The van der Waals surface area contributed by atoms with E-state index in [1.165, 1.54) is 6.92 Å². The number of ether oxygens (including phenoxy) is 3. The van der Waals surface area contributed by atoms with Crippen molar-refractivity contribution in [2.75, 3.05) is 38.6 Å². The van der Waals surface area contributed by atoms with Gasteiger partial charge in [-0.1, -0.05) is 31.0 Å². The first-order valence-corrected chi connectivity index (χ1v) is 11.8. The Morgan fingerprint density at radius 3 is 2.59 bits per heavy atom. The molecule has 0 bridgehead atoms. The largest absolute Gasteiger partial charge is 0.426 e. The molecule has 1 unspecified atom stereocenters. The van der Waals surface area contributed by atoms with E-state index >= 15 is 0 Å². The van der Waals surface area contributed by atoms with E-state index in [2.05, 4.69) is 5.32 Å². The summed E-state index contributed by atoms with van der Waals surface area (Å²) in [5.74, 6) is -0.136. The lowest BCUT2D eigenvalue weighted by Crippen LogP contribution is -2.22. The fourth-order valence-corrected chi connectivity index (χ4v) is 3.44. The topological polar surface area (TPSA) is 123 Å². The molecule has 188 valence electrons. The van der Waals surface area contributed by atoms with Gasteiger partial charge in [-0.25, -0.2) is 0 Å². The van der Waals surface area contributed by atoms with E-state index in [-0.39, 0.29) is 6.61 Å². The van der Waals surface area contributed by atoms with Crippen molar-refractivity contribution in [2.45, 2.75) is 51.9 Å². The van der Waals surface area contributed by atoms with Crippen LogP contribution in [0.25, 0.3) is 0 Å². The number of rotatable bonds is 17. The molecule has 2 aromatic carbocycles. The Hall–Kier alpha value is -2.49. The zero-order valence-corrected chi connectivity index (χ0v) is 20.0. The number of nitrogen functional groups attached to an aromatic ring is 1. The Morgan fingerprint density at radius 1 is 1.03 bits per heavy atom. The maximum absolute atomic E-state index is 11.1. The molecular formula is C26H38N2O6. The van der Waals surface area contributed by atoms with Crippen LogP contribution in [0.2, 0.25) is 0 Å². The fourth-order valence-electron chi connectivity index (χ4n) is 3.44. The van der Waals surface area contributed by atoms with Crippen molar-refractivity contribution in [2.24, 2.45) is 0 Å². The molecule has 8 heteroatoms. The third-order valence-electron chi connectivity index (χ3n) is 5.22. The molecule has 0 fully saturated rings. The van der Waals surface area contributed by atoms with Crippen LogP contribution in [0.15, 0.2) is 42.5 Å². The summed E-state index contributed by atoms with van der Waals surface area (Å²) in [7, 11) is 0. The number of nitrogens with one attached hydrogen (secondary N) is 1. The molecule has 0 aromatic heterocycles. The molecule has 1 atom stereocenters. The van der Waals surface area contributed by atoms with Crippen molar-refractivity contribution in [3.05, 3.63) is 59.2 Å². The zero-order chi connectivity index (χ0) is 24.6. The third-order valence-corrected chi connectivity index (χ3v) is 5.22. The number of aliphatic hydroxyl groups excluding tert-OH is 2. The normalized spacial score (nSPS) is 12.0. The summed E-state index contributed by atoms with van der Waals surface area (Å²) in [5.41, 5.74) is 8.69. The molecule has 0 aliphatic carbocycles. The van der Waals surface area contributed by atoms with Crippen LogP contribution in [-0.4, -0.2) is 49.1 Å². The van der Waals surface area contributed by atoms with E-state index in [1.54, 1.807) is 18.2 Å². The van der Waals surface area contributed by atoms with Crippen LogP contribution in [0, 0.1) is 0 Å². The van der Waals surface area contributed by atoms with Crippen LogP contribution in [0.5, 0.6) is 5.75 Å². The number of carbonyl (C=O) groups excluding carboxylic acids is 1. The van der Waals surface area contributed by atoms with Crippen molar-refractivity contribution < 1.29 is 29.2 Å². The summed E-state index contributed by atoms with van der Waals surface area (Å²) in [6.07, 6.45) is 3.50. The highest BCUT2D eigenvalue weighted by Crippen LogP contribution is 2.24. The van der Waals surface area contributed by atoms with E-state index in [4.69, 9.17) is 19.9 Å². The van der Waals surface area contributed by atoms with Crippen LogP contribution in [0.3, 0.4) is 0 Å². The van der Waals surface area contributed by atoms with E-state index in [0.29, 0.717) is 43.2 Å². The minimum absolute atomic E-state index is 0.267. The molecule has 0 aliphatic rings. The lowest BCUT2D eigenvalue weighted by atomic mass is 10.1. The first-order valence-electron chi connectivity index (χ1n) is 11.8. The van der Waals surface area contributed by atoms with E-state index in [1.807, 2.05) is 24.3 Å². The van der Waals surface area contributed by atoms with Gasteiger partial charge in [-0.05, 0) is 54.8 Å². The second-order valence-electron chi connectivity index (χ2n) is 8.16. The van der Waals surface area contributed by atoms with Crippen molar-refractivity contribution in [3.63, 3.8) is 0 Å². The van der Waals surface area contributed by atoms with E-state index < -0.39 is 12.1 Å². The Balaban J connectivity index is 1.45. The summed E-state index contributed by atoms with van der Waals surface area (Å²) >= 11 is 0. The SMILES string of the molecule is CC(=O)Oc1ccc(C(O)CNCCCCCCOCCOCc2cccc(N)c2)cc1CO. The summed E-state index contributed by atoms with van der Waals surface area (Å²) in [6, 6.07) is 12.6. The summed E-state index contributed by atoms with van der Waals surface area (Å²) in [5, 5.41) is 23.1. The molecule has 5 N–H and O–H groups in total. The molecule has 0 heterocycles. The van der Waals surface area contributed by atoms with Gasteiger partial charge >= 0.3 is 5.97 Å². The molecule has 0 amide bonds. The van der Waals surface area contributed by atoms with Gasteiger partial charge in [0.1, 0.15) is 5.75 Å². The second kappa shape index (κ2) is 16.2. The lowest BCUT2D eigenvalue weighted by molar-refractivity contribution is -0.131. The first kappa shape index (κ1) is 27.8. The number of benzene rings is 2. The number of carbonyl (C=O) groups is 1. The quantitative estimate of drug-likeness (QED) is 0.119. The second-order valence-corrected chi connectivity index (χ2v) is 8.16. The average molecular weight is 475 g/mol. The standard InChI is InChI=1S/C26H38N2O6/c1-20(30)34-26-10-9-22(16-23(26)18-29)25(31)17-28-11-4-2-3-5-12-32-13-14-33-19-21-7-6-8-24(27)15-21/h6-10,15-16,25,28-29,31H,2-5,11-14,17-19,27H2,1H3. The summed E-state index contributed by atoms with van der Waals surface area (Å²) in [6.45, 7) is 4.68.